The molecule has 1 aliphatic heterocycles. The molecular weight excluding hydrogens is 232 g/mol. The summed E-state index contributed by atoms with van der Waals surface area (Å²) in [5.74, 6) is 0. The predicted molar refractivity (Wildman–Crippen MR) is 85.7 cm³/mol. The average Bonchev–Trinajstić information content (AvgIpc) is 2.93. The van der Waals surface area contributed by atoms with Crippen molar-refractivity contribution in [1.82, 2.24) is 10.2 Å². The van der Waals surface area contributed by atoms with Crippen molar-refractivity contribution < 1.29 is 0 Å². The summed E-state index contributed by atoms with van der Waals surface area (Å²) in [6.07, 6.45) is 14.2. The molecule has 0 spiro atoms. The number of hydrogen-bond acceptors (Lipinski definition) is 2. The second-order valence-electron chi connectivity index (χ2n) is 6.16. The fourth-order valence-electron chi connectivity index (χ4n) is 3.07. The molecule has 0 aromatic carbocycles. The SMILES string of the molecule is CCCCCCCCCCN(CC)CC1CCCN1. The van der Waals surface area contributed by atoms with Crippen LogP contribution in [0.3, 0.4) is 0 Å². The van der Waals surface area contributed by atoms with E-state index in [1.54, 1.807) is 0 Å². The van der Waals surface area contributed by atoms with Gasteiger partial charge >= 0.3 is 0 Å². The van der Waals surface area contributed by atoms with Gasteiger partial charge in [-0.05, 0) is 38.9 Å². The third-order valence-corrected chi connectivity index (χ3v) is 4.42. The zero-order valence-corrected chi connectivity index (χ0v) is 13.4. The van der Waals surface area contributed by atoms with Gasteiger partial charge in [0.25, 0.3) is 0 Å². The third kappa shape index (κ3) is 8.65. The van der Waals surface area contributed by atoms with Gasteiger partial charge in [0, 0.05) is 12.6 Å². The summed E-state index contributed by atoms with van der Waals surface area (Å²) in [7, 11) is 0. The molecule has 19 heavy (non-hydrogen) atoms. The Hall–Kier alpha value is -0.0800. The van der Waals surface area contributed by atoms with Gasteiger partial charge in [-0.25, -0.2) is 0 Å². The largest absolute Gasteiger partial charge is 0.313 e. The summed E-state index contributed by atoms with van der Waals surface area (Å²) in [6, 6.07) is 0.772. The van der Waals surface area contributed by atoms with E-state index in [0.29, 0.717) is 0 Å². The van der Waals surface area contributed by atoms with Crippen LogP contribution in [-0.2, 0) is 0 Å². The van der Waals surface area contributed by atoms with E-state index in [0.717, 1.165) is 6.04 Å². The summed E-state index contributed by atoms with van der Waals surface area (Å²) in [5, 5.41) is 3.61. The first kappa shape index (κ1) is 17.0. The summed E-state index contributed by atoms with van der Waals surface area (Å²) in [6.45, 7) is 9.63. The Balaban J connectivity index is 1.91. The van der Waals surface area contributed by atoms with Crippen LogP contribution in [-0.4, -0.2) is 37.1 Å². The molecule has 0 aliphatic carbocycles. The first-order valence-corrected chi connectivity index (χ1v) is 8.82. The lowest BCUT2D eigenvalue weighted by Crippen LogP contribution is -2.37. The van der Waals surface area contributed by atoms with Gasteiger partial charge in [0.2, 0.25) is 0 Å². The zero-order valence-electron chi connectivity index (χ0n) is 13.4. The highest BCUT2D eigenvalue weighted by atomic mass is 15.1. The lowest BCUT2D eigenvalue weighted by Gasteiger charge is -2.24. The van der Waals surface area contributed by atoms with Crippen LogP contribution < -0.4 is 5.32 Å². The van der Waals surface area contributed by atoms with Crippen LogP contribution >= 0.6 is 0 Å². The smallest absolute Gasteiger partial charge is 0.0195 e. The highest BCUT2D eigenvalue weighted by Crippen LogP contribution is 2.10. The first-order valence-electron chi connectivity index (χ1n) is 8.82. The van der Waals surface area contributed by atoms with E-state index < -0.39 is 0 Å². The van der Waals surface area contributed by atoms with E-state index in [1.165, 1.54) is 90.4 Å². The van der Waals surface area contributed by atoms with Crippen molar-refractivity contribution in [3.05, 3.63) is 0 Å². The second kappa shape index (κ2) is 11.7. The lowest BCUT2D eigenvalue weighted by atomic mass is 10.1. The molecule has 0 aromatic heterocycles. The second-order valence-corrected chi connectivity index (χ2v) is 6.16. The van der Waals surface area contributed by atoms with Crippen molar-refractivity contribution in [3.8, 4) is 0 Å². The molecule has 2 heteroatoms. The van der Waals surface area contributed by atoms with Crippen LogP contribution in [0.25, 0.3) is 0 Å². The van der Waals surface area contributed by atoms with Crippen LogP contribution in [0, 0.1) is 0 Å². The Morgan fingerprint density at radius 2 is 1.63 bits per heavy atom. The first-order chi connectivity index (χ1) is 9.36. The van der Waals surface area contributed by atoms with Crippen molar-refractivity contribution in [2.24, 2.45) is 0 Å². The third-order valence-electron chi connectivity index (χ3n) is 4.42. The van der Waals surface area contributed by atoms with Crippen molar-refractivity contribution in [2.45, 2.75) is 84.1 Å². The van der Waals surface area contributed by atoms with Crippen LogP contribution in [0.1, 0.15) is 78.1 Å². The van der Waals surface area contributed by atoms with Gasteiger partial charge < -0.3 is 10.2 Å². The zero-order chi connectivity index (χ0) is 13.8. The van der Waals surface area contributed by atoms with Crippen molar-refractivity contribution >= 4 is 0 Å². The van der Waals surface area contributed by atoms with Gasteiger partial charge in [-0.15, -0.1) is 0 Å². The monoisotopic (exact) mass is 268 g/mol. The predicted octanol–water partition coefficient (Wildman–Crippen LogP) is 4.20. The molecule has 0 bridgehead atoms. The summed E-state index contributed by atoms with van der Waals surface area (Å²) >= 11 is 0. The molecule has 0 aromatic rings. The molecule has 1 N–H and O–H groups in total. The highest BCUT2D eigenvalue weighted by Gasteiger charge is 2.16. The lowest BCUT2D eigenvalue weighted by molar-refractivity contribution is 0.255. The van der Waals surface area contributed by atoms with E-state index in [4.69, 9.17) is 0 Å². The quantitative estimate of drug-likeness (QED) is 0.534. The van der Waals surface area contributed by atoms with Crippen LogP contribution in [0.2, 0.25) is 0 Å². The van der Waals surface area contributed by atoms with Gasteiger partial charge in [-0.1, -0.05) is 58.8 Å². The minimum atomic E-state index is 0.772. The van der Waals surface area contributed by atoms with E-state index in [9.17, 15) is 0 Å². The number of hydrogen-bond donors (Lipinski definition) is 1. The summed E-state index contributed by atoms with van der Waals surface area (Å²) in [5.41, 5.74) is 0. The number of nitrogens with zero attached hydrogens (tertiary/aromatic N) is 1. The van der Waals surface area contributed by atoms with E-state index in [1.807, 2.05) is 0 Å². The Bertz CT molecular complexity index is 188. The minimum Gasteiger partial charge on any atom is -0.313 e. The molecule has 1 atom stereocenters. The topological polar surface area (TPSA) is 15.3 Å². The Morgan fingerprint density at radius 1 is 0.947 bits per heavy atom. The molecule has 1 unspecified atom stereocenters. The molecule has 0 radical (unpaired) electrons. The minimum absolute atomic E-state index is 0.772. The fraction of sp³-hybridized carbons (Fsp3) is 1.00. The molecule has 0 saturated carbocycles. The van der Waals surface area contributed by atoms with Crippen molar-refractivity contribution in [1.29, 1.82) is 0 Å². The molecule has 0 amide bonds. The molecular formula is C17H36N2. The summed E-state index contributed by atoms with van der Waals surface area (Å²) in [4.78, 5) is 2.64. The van der Waals surface area contributed by atoms with Crippen LogP contribution in [0.15, 0.2) is 0 Å². The average molecular weight is 268 g/mol. The maximum Gasteiger partial charge on any atom is 0.0195 e. The maximum atomic E-state index is 3.61. The molecule has 1 heterocycles. The molecule has 1 saturated heterocycles. The van der Waals surface area contributed by atoms with Gasteiger partial charge in [0.1, 0.15) is 0 Å². The van der Waals surface area contributed by atoms with E-state index in [-0.39, 0.29) is 0 Å². The Kier molecular flexibility index (Phi) is 10.5. The standard InChI is InChI=1S/C17H36N2/c1-3-5-6-7-8-9-10-11-15-19(4-2)16-17-13-12-14-18-17/h17-18H,3-16H2,1-2H3. The van der Waals surface area contributed by atoms with E-state index in [2.05, 4.69) is 24.1 Å². The molecule has 1 aliphatic rings. The molecule has 1 rings (SSSR count). The number of unbranched alkanes of at least 4 members (excludes halogenated alkanes) is 7. The van der Waals surface area contributed by atoms with Crippen LogP contribution in [0.5, 0.6) is 0 Å². The van der Waals surface area contributed by atoms with Gasteiger partial charge in [0.05, 0.1) is 0 Å². The van der Waals surface area contributed by atoms with Crippen LogP contribution in [0.4, 0.5) is 0 Å². The maximum absolute atomic E-state index is 3.61. The molecule has 2 nitrogen and oxygen atoms in total. The van der Waals surface area contributed by atoms with Crippen molar-refractivity contribution in [2.75, 3.05) is 26.2 Å². The highest BCUT2D eigenvalue weighted by molar-refractivity contribution is 4.77. The number of nitrogens with one attached hydrogen (secondary N) is 1. The Morgan fingerprint density at radius 3 is 2.21 bits per heavy atom. The Labute approximate surface area is 121 Å². The summed E-state index contributed by atoms with van der Waals surface area (Å²) < 4.78 is 0. The van der Waals surface area contributed by atoms with Crippen molar-refractivity contribution in [3.63, 3.8) is 0 Å². The fourth-order valence-corrected chi connectivity index (χ4v) is 3.07. The molecule has 1 fully saturated rings. The van der Waals surface area contributed by atoms with Gasteiger partial charge in [0.15, 0.2) is 0 Å². The van der Waals surface area contributed by atoms with Gasteiger partial charge in [-0.3, -0.25) is 0 Å². The molecule has 114 valence electrons. The number of rotatable bonds is 12. The number of likely N-dealkylation sites (N-methyl/N-ethyl adjacent to an activating group) is 1. The normalized spacial score (nSPS) is 19.4. The van der Waals surface area contributed by atoms with E-state index >= 15 is 0 Å². The van der Waals surface area contributed by atoms with Gasteiger partial charge in [-0.2, -0.15) is 0 Å².